The average molecular weight is 806 g/mol. The van der Waals surface area contributed by atoms with Crippen LogP contribution in [0.15, 0.2) is 23.3 Å². The fourth-order valence-electron chi connectivity index (χ4n) is 9.60. The van der Waals surface area contributed by atoms with Crippen molar-refractivity contribution in [1.29, 1.82) is 0 Å². The SMILES string of the molecule is CCC[C@@H]1/C=C(\C)C[C@H](C)C[C@H](OC)C2O[C@@](O)(C(=O)C(=O)N3CCCC[C@H]3C(=O)O[C@H](/C(C)=C/C3CC[C@@H](O)[C@H](OC)C3)[C@H](C)[C@@H](O)CC1=O)[C@H](C)C[C@@H]2OC. The number of aliphatic hydroxyl groups excluding tert-OH is 2. The van der Waals surface area contributed by atoms with Crippen molar-refractivity contribution in [3.8, 4) is 0 Å². The van der Waals surface area contributed by atoms with E-state index in [2.05, 4.69) is 6.92 Å². The van der Waals surface area contributed by atoms with Crippen LogP contribution >= 0.6 is 0 Å². The molecule has 1 saturated carbocycles. The summed E-state index contributed by atoms with van der Waals surface area (Å²) in [4.78, 5) is 57.9. The Morgan fingerprint density at radius 3 is 2.23 bits per heavy atom. The molecule has 2 unspecified atom stereocenters. The number of Topliss-reactive ketones (excluding diaryl/α,β-unsaturated/α-hetero) is 2. The van der Waals surface area contributed by atoms with E-state index in [-0.39, 0.29) is 49.5 Å². The summed E-state index contributed by atoms with van der Waals surface area (Å²) in [6.07, 6.45) is 4.60. The quantitative estimate of drug-likeness (QED) is 0.181. The summed E-state index contributed by atoms with van der Waals surface area (Å²) in [5, 5.41) is 34.2. The van der Waals surface area contributed by atoms with Crippen molar-refractivity contribution < 1.29 is 58.2 Å². The van der Waals surface area contributed by atoms with Crippen LogP contribution in [0.25, 0.3) is 0 Å². The molecular weight excluding hydrogens is 734 g/mol. The van der Waals surface area contributed by atoms with Crippen LogP contribution in [-0.2, 0) is 42.9 Å². The third kappa shape index (κ3) is 11.4. The van der Waals surface area contributed by atoms with Gasteiger partial charge in [-0.25, -0.2) is 4.79 Å². The Labute approximate surface area is 339 Å². The van der Waals surface area contributed by atoms with Crippen molar-refractivity contribution in [3.05, 3.63) is 23.3 Å². The Bertz CT molecular complexity index is 1450. The molecule has 4 rings (SSSR count). The van der Waals surface area contributed by atoms with Gasteiger partial charge in [0.15, 0.2) is 0 Å². The van der Waals surface area contributed by atoms with Gasteiger partial charge in [-0.1, -0.05) is 51.8 Å². The Balaban J connectivity index is 1.77. The Morgan fingerprint density at radius 2 is 1.58 bits per heavy atom. The molecule has 324 valence electrons. The highest BCUT2D eigenvalue weighted by atomic mass is 16.7. The second-order valence-corrected chi connectivity index (χ2v) is 17.5. The number of methoxy groups -OCH3 is 3. The molecule has 0 spiro atoms. The van der Waals surface area contributed by atoms with Crippen molar-refractivity contribution in [2.24, 2.45) is 29.6 Å². The third-order valence-electron chi connectivity index (χ3n) is 13.1. The van der Waals surface area contributed by atoms with E-state index in [1.165, 1.54) is 19.1 Å². The highest BCUT2D eigenvalue weighted by molar-refractivity contribution is 6.39. The maximum absolute atomic E-state index is 14.3. The first-order valence-electron chi connectivity index (χ1n) is 21.3. The van der Waals surface area contributed by atoms with E-state index in [0.29, 0.717) is 56.9 Å². The molecule has 3 heterocycles. The van der Waals surface area contributed by atoms with Crippen molar-refractivity contribution in [2.75, 3.05) is 27.9 Å². The van der Waals surface area contributed by atoms with Gasteiger partial charge in [0.2, 0.25) is 5.79 Å². The molecule has 0 aromatic rings. The lowest BCUT2D eigenvalue weighted by molar-refractivity contribution is -0.302. The molecule has 0 aromatic heterocycles. The molecule has 14 atom stereocenters. The topological polar surface area (TPSA) is 178 Å². The predicted octanol–water partition coefficient (Wildman–Crippen LogP) is 4.86. The number of esters is 1. The second-order valence-electron chi connectivity index (χ2n) is 17.5. The molecule has 3 N–H and O–H groups in total. The number of hydrogen-bond acceptors (Lipinski definition) is 12. The fourth-order valence-corrected chi connectivity index (χ4v) is 9.60. The summed E-state index contributed by atoms with van der Waals surface area (Å²) in [5.41, 5.74) is 1.67. The molecule has 13 heteroatoms. The van der Waals surface area contributed by atoms with Gasteiger partial charge in [0.05, 0.1) is 30.5 Å². The number of piperidine rings is 1. The number of hydrogen-bond donors (Lipinski definition) is 3. The van der Waals surface area contributed by atoms with Gasteiger partial charge in [-0.05, 0) is 95.5 Å². The lowest BCUT2D eigenvalue weighted by Crippen LogP contribution is -2.64. The van der Waals surface area contributed by atoms with Gasteiger partial charge in [-0.3, -0.25) is 14.4 Å². The Morgan fingerprint density at radius 1 is 0.912 bits per heavy atom. The number of rotatable bonds is 7. The summed E-state index contributed by atoms with van der Waals surface area (Å²) >= 11 is 0. The zero-order valence-corrected chi connectivity index (χ0v) is 35.8. The highest BCUT2D eigenvalue weighted by Crippen LogP contribution is 2.39. The van der Waals surface area contributed by atoms with E-state index in [4.69, 9.17) is 23.7 Å². The normalized spacial score (nSPS) is 41.1. The van der Waals surface area contributed by atoms with Crippen molar-refractivity contribution in [1.82, 2.24) is 4.90 Å². The van der Waals surface area contributed by atoms with Crippen molar-refractivity contribution >= 4 is 23.4 Å². The molecule has 0 radical (unpaired) electrons. The monoisotopic (exact) mass is 805 g/mol. The minimum Gasteiger partial charge on any atom is -0.456 e. The number of allylic oxidation sites excluding steroid dienone is 3. The Hall–Kier alpha value is -2.52. The lowest BCUT2D eigenvalue weighted by Gasteiger charge is -2.47. The summed E-state index contributed by atoms with van der Waals surface area (Å²) < 4.78 is 29.8. The zero-order valence-electron chi connectivity index (χ0n) is 35.8. The van der Waals surface area contributed by atoms with E-state index >= 15 is 0 Å². The zero-order chi connectivity index (χ0) is 42.2. The standard InChI is InChI=1S/C44H71NO12/c1-10-13-31-19-25(2)18-26(3)20-37(54-8)40-38(55-9)22-28(5)44(52,57-40)41(49)42(50)45-17-12-11-14-32(45)43(51)56-39(29(6)34(47)24-35(31)48)27(4)21-30-15-16-33(46)36(23-30)53-7/h19,21,26,28-34,36-40,46-47,52H,10-18,20,22-24H2,1-9H3/b25-19+,27-21+/t26-,28+,29+,30?,31+,32-,33+,34-,36+,37-,38-,39+,40?,44+/m0/s1. The number of ether oxygens (including phenoxy) is 5. The first-order chi connectivity index (χ1) is 27.0. The number of nitrogens with zero attached hydrogens (tertiary/aromatic N) is 1. The van der Waals surface area contributed by atoms with E-state index in [9.17, 15) is 34.5 Å². The maximum atomic E-state index is 14.3. The van der Waals surface area contributed by atoms with Crippen LogP contribution in [0.3, 0.4) is 0 Å². The minimum atomic E-state index is -2.50. The molecule has 1 amide bonds. The van der Waals surface area contributed by atoms with Crippen LogP contribution < -0.4 is 0 Å². The number of amides is 1. The first kappa shape index (κ1) is 47.2. The molecule has 0 aromatic carbocycles. The number of carbonyl (C=O) groups excluding carboxylic acids is 4. The van der Waals surface area contributed by atoms with Gasteiger partial charge in [0, 0.05) is 52.0 Å². The summed E-state index contributed by atoms with van der Waals surface area (Å²) in [5.74, 6) is -7.46. The van der Waals surface area contributed by atoms with Gasteiger partial charge in [-0.2, -0.15) is 0 Å². The maximum Gasteiger partial charge on any atom is 0.329 e. The van der Waals surface area contributed by atoms with Gasteiger partial charge in [-0.15, -0.1) is 0 Å². The summed E-state index contributed by atoms with van der Waals surface area (Å²) in [6, 6.07) is -1.13. The highest BCUT2D eigenvalue weighted by Gasteiger charge is 2.56. The van der Waals surface area contributed by atoms with Crippen LogP contribution in [0.4, 0.5) is 0 Å². The van der Waals surface area contributed by atoms with E-state index in [0.717, 1.165) is 12.0 Å². The molecule has 4 aliphatic rings. The predicted molar refractivity (Wildman–Crippen MR) is 213 cm³/mol. The van der Waals surface area contributed by atoms with Crippen LogP contribution in [0.1, 0.15) is 119 Å². The average Bonchev–Trinajstić information content (AvgIpc) is 3.18. The van der Waals surface area contributed by atoms with Crippen molar-refractivity contribution in [3.63, 3.8) is 0 Å². The number of ketones is 2. The third-order valence-corrected chi connectivity index (χ3v) is 13.1. The van der Waals surface area contributed by atoms with Gasteiger partial charge in [0.25, 0.3) is 11.7 Å². The minimum absolute atomic E-state index is 0.000416. The van der Waals surface area contributed by atoms with Gasteiger partial charge < -0.3 is 43.9 Å². The van der Waals surface area contributed by atoms with E-state index < -0.39 is 83.9 Å². The first-order valence-corrected chi connectivity index (χ1v) is 21.3. The van der Waals surface area contributed by atoms with Crippen LogP contribution in [0, 0.1) is 29.6 Å². The number of aliphatic hydroxyl groups is 3. The number of fused-ring (bicyclic) bond motifs is 3. The molecule has 1 aliphatic carbocycles. The van der Waals surface area contributed by atoms with Gasteiger partial charge in [0.1, 0.15) is 24.0 Å². The molecular formula is C44H71NO12. The molecule has 13 nitrogen and oxygen atoms in total. The van der Waals surface area contributed by atoms with E-state index in [1.54, 1.807) is 21.0 Å². The second kappa shape index (κ2) is 21.1. The smallest absolute Gasteiger partial charge is 0.329 e. The van der Waals surface area contributed by atoms with Gasteiger partial charge >= 0.3 is 5.97 Å². The number of cyclic esters (lactones) is 1. The number of carbonyl (C=O) groups is 4. The molecule has 57 heavy (non-hydrogen) atoms. The molecule has 2 saturated heterocycles. The van der Waals surface area contributed by atoms with Crippen LogP contribution in [0.2, 0.25) is 0 Å². The molecule has 2 bridgehead atoms. The summed E-state index contributed by atoms with van der Waals surface area (Å²) in [7, 11) is 4.64. The fraction of sp³-hybridized carbons (Fsp3) is 0.818. The van der Waals surface area contributed by atoms with Crippen LogP contribution in [-0.4, -0.2) is 126 Å². The summed E-state index contributed by atoms with van der Waals surface area (Å²) in [6.45, 7) is 11.4. The largest absolute Gasteiger partial charge is 0.456 e. The lowest BCUT2D eigenvalue weighted by atomic mass is 9.81. The van der Waals surface area contributed by atoms with Crippen LogP contribution in [0.5, 0.6) is 0 Å². The van der Waals surface area contributed by atoms with Crippen molar-refractivity contribution in [2.45, 2.75) is 173 Å². The molecule has 3 fully saturated rings. The Kier molecular flexibility index (Phi) is 17.5. The van der Waals surface area contributed by atoms with E-state index in [1.807, 2.05) is 32.9 Å². The molecule has 3 aliphatic heterocycles.